The minimum atomic E-state index is -4.98. The first kappa shape index (κ1) is 48.8. The van der Waals surface area contributed by atoms with Crippen molar-refractivity contribution in [2.75, 3.05) is 43.1 Å². The molecular weight excluding hydrogens is 852 g/mol. The third-order valence-electron chi connectivity index (χ3n) is 10.1. The molecule has 4 aromatic rings. The Kier molecular flexibility index (Phi) is 16.7. The summed E-state index contributed by atoms with van der Waals surface area (Å²) in [5.74, 6) is -0.0425. The summed E-state index contributed by atoms with van der Waals surface area (Å²) in [4.78, 5) is 55.3. The van der Waals surface area contributed by atoms with Gasteiger partial charge in [0.2, 0.25) is 5.91 Å². The number of aromatic amines is 1. The van der Waals surface area contributed by atoms with Crippen molar-refractivity contribution in [2.45, 2.75) is 64.4 Å². The summed E-state index contributed by atoms with van der Waals surface area (Å²) in [7, 11) is -0.586. The number of imidazole rings is 1. The average molecular weight is 902 g/mol. The van der Waals surface area contributed by atoms with Gasteiger partial charge in [-0.25, -0.2) is 14.8 Å². The Balaban J connectivity index is 0.00000310. The number of pyridine rings is 1. The number of hydrogen-bond donors (Lipinski definition) is 4. The number of anilines is 2. The molecule has 6 rings (SSSR count). The van der Waals surface area contributed by atoms with Gasteiger partial charge >= 0.3 is 12.5 Å². The molecule has 3 atom stereocenters. The van der Waals surface area contributed by atoms with Crippen molar-refractivity contribution < 1.29 is 37.0 Å². The molecule has 4 N–H and O–H groups in total. The summed E-state index contributed by atoms with van der Waals surface area (Å²) >= 11 is 0. The lowest BCUT2D eigenvalue weighted by Crippen LogP contribution is -2.52. The summed E-state index contributed by atoms with van der Waals surface area (Å²) in [5.41, 5.74) is 2.37. The molecule has 0 radical (unpaired) electrons. The van der Waals surface area contributed by atoms with Crippen molar-refractivity contribution in [1.29, 1.82) is 0 Å². The molecule has 2 aromatic carbocycles. The smallest absolute Gasteiger partial charge is 0.453 e. The summed E-state index contributed by atoms with van der Waals surface area (Å²) in [6, 6.07) is 14.3. The van der Waals surface area contributed by atoms with Crippen LogP contribution in [0, 0.1) is 5.92 Å². The molecule has 2 aliphatic rings. The van der Waals surface area contributed by atoms with E-state index < -0.39 is 38.2 Å². The van der Waals surface area contributed by atoms with Crippen LogP contribution in [0.25, 0.3) is 22.4 Å². The van der Waals surface area contributed by atoms with Gasteiger partial charge in [0.1, 0.15) is 23.4 Å². The van der Waals surface area contributed by atoms with E-state index >= 15 is 0 Å². The Labute approximate surface area is 360 Å². The number of benzene rings is 2. The van der Waals surface area contributed by atoms with Crippen LogP contribution >= 0.6 is 37.2 Å². The number of rotatable bonds is 10. The van der Waals surface area contributed by atoms with Gasteiger partial charge in [0.15, 0.2) is 0 Å². The quantitative estimate of drug-likeness (QED) is 0.117. The molecule has 2 aromatic heterocycles. The van der Waals surface area contributed by atoms with Crippen LogP contribution in [0.15, 0.2) is 67.0 Å². The first-order valence-electron chi connectivity index (χ1n) is 18.5. The maximum absolute atomic E-state index is 13.8. The number of alkyl carbamates (subject to hydrolysis) is 1. The number of piperazine rings is 1. The molecule has 2 aliphatic heterocycles. The van der Waals surface area contributed by atoms with Crippen LogP contribution in [0.2, 0.25) is 19.1 Å². The van der Waals surface area contributed by atoms with Crippen molar-refractivity contribution in [2.24, 2.45) is 5.92 Å². The second kappa shape index (κ2) is 20.1. The molecule has 59 heavy (non-hydrogen) atoms. The molecule has 13 nitrogen and oxygen atoms in total. The van der Waals surface area contributed by atoms with E-state index in [1.54, 1.807) is 47.5 Å². The number of halogens is 6. The number of nitrogens with one attached hydrogen (secondary N) is 4. The van der Waals surface area contributed by atoms with Gasteiger partial charge in [0.25, 0.3) is 5.91 Å². The van der Waals surface area contributed by atoms with Gasteiger partial charge in [-0.2, -0.15) is 0 Å². The Morgan fingerprint density at radius 3 is 2.27 bits per heavy atom. The van der Waals surface area contributed by atoms with Crippen LogP contribution in [0.4, 0.5) is 29.5 Å². The molecular formula is C39H50Cl3F3N8O5Si. The number of methoxy groups -OCH3 is 1. The second-order valence-corrected chi connectivity index (χ2v) is 20.4. The lowest BCUT2D eigenvalue weighted by molar-refractivity contribution is -0.274. The number of alkyl halides is 3. The standard InChI is InChI=1S/C39H47F3N8O5Si.3ClH/c1-23(2)34(48-38(53)54-4)37(52)50-22-56(5,6)21-31(50)35-45-20-30(47-35)26-9-7-25(8-10-26)29-13-12-28(17-32(29)55-39(40,41)42)46-36(51)27-11-14-33(44-19-27)49-16-15-43-18-24(49)3;;;/h7-14,17,19-20,23-24,31,34,43H,15-16,18,21-22H2,1-6H3,(H,45,47)(H,46,51)(H,48,53);3*1H/t24-,31+,34+;;;/m1.../s1. The van der Waals surface area contributed by atoms with E-state index in [1.807, 2.05) is 13.8 Å². The molecule has 0 bridgehead atoms. The summed E-state index contributed by atoms with van der Waals surface area (Å²) in [5, 5.41) is 8.65. The Hall–Kier alpha value is -4.55. The zero-order valence-electron chi connectivity index (χ0n) is 33.4. The Bertz CT molecular complexity index is 2060. The van der Waals surface area contributed by atoms with Crippen molar-refractivity contribution in [3.05, 3.63) is 78.4 Å². The highest BCUT2D eigenvalue weighted by Crippen LogP contribution is 2.39. The summed E-state index contributed by atoms with van der Waals surface area (Å²) in [6.45, 7) is 12.6. The van der Waals surface area contributed by atoms with Crippen molar-refractivity contribution in [1.82, 2.24) is 30.5 Å². The molecule has 0 spiro atoms. The van der Waals surface area contributed by atoms with E-state index in [9.17, 15) is 27.6 Å². The maximum atomic E-state index is 13.8. The largest absolute Gasteiger partial charge is 0.573 e. The third kappa shape index (κ3) is 11.8. The molecule has 0 aliphatic carbocycles. The summed E-state index contributed by atoms with van der Waals surface area (Å²) < 4.78 is 50.1. The van der Waals surface area contributed by atoms with Gasteiger partial charge in [-0.05, 0) is 54.3 Å². The molecule has 3 amide bonds. The number of carbonyl (C=O) groups is 3. The molecule has 2 saturated heterocycles. The number of H-pyrrole nitrogens is 1. The minimum Gasteiger partial charge on any atom is -0.453 e. The van der Waals surface area contributed by atoms with E-state index in [0.29, 0.717) is 23.2 Å². The van der Waals surface area contributed by atoms with E-state index in [-0.39, 0.29) is 77.9 Å². The number of nitrogens with zero attached hydrogens (tertiary/aromatic N) is 4. The SMILES string of the molecule is COC(=O)N[C@H](C(=O)N1C[Si](C)(C)C[C@H]1c1ncc(-c2ccc(-c3ccc(NC(=O)c4ccc(N5CCNC[C@H]5C)nc4)cc3OC(F)(F)F)cc2)[nH]1)C(C)C.Cl.Cl.Cl. The molecule has 2 fully saturated rings. The lowest BCUT2D eigenvalue weighted by atomic mass is 10.0. The number of amides is 3. The molecule has 0 saturated carbocycles. The fourth-order valence-electron chi connectivity index (χ4n) is 7.23. The minimum absolute atomic E-state index is 0. The molecule has 4 heterocycles. The normalized spacial score (nSPS) is 17.8. The van der Waals surface area contributed by atoms with Gasteiger partial charge in [-0.3, -0.25) is 9.59 Å². The number of hydrogen-bond acceptors (Lipinski definition) is 9. The van der Waals surface area contributed by atoms with Gasteiger partial charge < -0.3 is 40.2 Å². The van der Waals surface area contributed by atoms with E-state index in [0.717, 1.165) is 43.1 Å². The van der Waals surface area contributed by atoms with E-state index in [2.05, 4.69) is 60.6 Å². The van der Waals surface area contributed by atoms with E-state index in [1.165, 1.54) is 25.4 Å². The topological polar surface area (TPSA) is 154 Å². The highest BCUT2D eigenvalue weighted by Gasteiger charge is 2.45. The first-order valence-corrected chi connectivity index (χ1v) is 21.9. The fraction of sp³-hybridized carbons (Fsp3) is 0.410. The maximum Gasteiger partial charge on any atom is 0.573 e. The van der Waals surface area contributed by atoms with Crippen LogP contribution in [0.5, 0.6) is 5.75 Å². The predicted octanol–water partition coefficient (Wildman–Crippen LogP) is 7.86. The average Bonchev–Trinajstić information content (AvgIpc) is 3.77. The predicted molar refractivity (Wildman–Crippen MR) is 231 cm³/mol. The number of carbonyl (C=O) groups excluding carboxylic acids is 3. The molecule has 322 valence electrons. The highest BCUT2D eigenvalue weighted by molar-refractivity contribution is 6.78. The van der Waals surface area contributed by atoms with Crippen LogP contribution in [-0.2, 0) is 9.53 Å². The van der Waals surface area contributed by atoms with Gasteiger partial charge in [0.05, 0.1) is 38.7 Å². The molecule has 20 heteroatoms. The zero-order valence-corrected chi connectivity index (χ0v) is 36.8. The Morgan fingerprint density at radius 2 is 1.66 bits per heavy atom. The van der Waals surface area contributed by atoms with E-state index in [4.69, 9.17) is 4.74 Å². The number of ether oxygens (including phenoxy) is 2. The zero-order chi connectivity index (χ0) is 40.4. The van der Waals surface area contributed by atoms with Crippen LogP contribution < -0.4 is 25.6 Å². The van der Waals surface area contributed by atoms with Crippen LogP contribution in [0.3, 0.4) is 0 Å². The number of aromatic nitrogens is 3. The highest BCUT2D eigenvalue weighted by atomic mass is 35.5. The first-order chi connectivity index (χ1) is 26.5. The lowest BCUT2D eigenvalue weighted by Gasteiger charge is -2.34. The van der Waals surface area contributed by atoms with Gasteiger partial charge in [0, 0.05) is 55.4 Å². The van der Waals surface area contributed by atoms with Gasteiger partial charge in [-0.1, -0.05) is 51.2 Å². The third-order valence-corrected chi connectivity index (χ3v) is 12.8. The second-order valence-electron chi connectivity index (χ2n) is 15.3. The summed E-state index contributed by atoms with van der Waals surface area (Å²) in [6.07, 6.45) is -1.95. The van der Waals surface area contributed by atoms with Crippen LogP contribution in [0.1, 0.15) is 43.0 Å². The molecule has 0 unspecified atom stereocenters. The van der Waals surface area contributed by atoms with Crippen molar-refractivity contribution in [3.63, 3.8) is 0 Å². The Morgan fingerprint density at radius 1 is 0.966 bits per heavy atom. The van der Waals surface area contributed by atoms with Crippen LogP contribution in [-0.4, -0.2) is 97.2 Å². The van der Waals surface area contributed by atoms with Crippen molar-refractivity contribution in [3.8, 4) is 28.1 Å². The van der Waals surface area contributed by atoms with Crippen molar-refractivity contribution >= 4 is 74.7 Å². The van der Waals surface area contributed by atoms with Gasteiger partial charge in [-0.15, -0.1) is 50.4 Å². The monoisotopic (exact) mass is 900 g/mol. The fourth-order valence-corrected chi connectivity index (χ4v) is 10.1.